The van der Waals surface area contributed by atoms with Crippen molar-refractivity contribution in [1.82, 2.24) is 0 Å². The molecule has 0 bridgehead atoms. The van der Waals surface area contributed by atoms with Crippen molar-refractivity contribution in [3.8, 4) is 0 Å². The van der Waals surface area contributed by atoms with Gasteiger partial charge in [-0.05, 0) is 13.2 Å². The Morgan fingerprint density at radius 1 is 1.67 bits per heavy atom. The molecule has 1 atom stereocenters. The van der Waals surface area contributed by atoms with Crippen molar-refractivity contribution in [3.63, 3.8) is 0 Å². The van der Waals surface area contributed by atoms with Crippen molar-refractivity contribution in [2.24, 2.45) is 0 Å². The minimum atomic E-state index is -3.79. The lowest BCUT2D eigenvalue weighted by molar-refractivity contribution is 0.474. The van der Waals surface area contributed by atoms with Gasteiger partial charge in [-0.15, -0.1) is 0 Å². The van der Waals surface area contributed by atoms with Gasteiger partial charge in [-0.3, -0.25) is 4.55 Å². The zero-order valence-electron chi connectivity index (χ0n) is 5.36. The normalized spacial score (nSPS) is 15.4. The summed E-state index contributed by atoms with van der Waals surface area (Å²) in [5.41, 5.74) is 0. The highest BCUT2D eigenvalue weighted by atomic mass is 32.2. The average Bonchev–Trinajstić information content (AvgIpc) is 1.64. The largest absolute Gasteiger partial charge is 0.285 e. The molecule has 0 amide bonds. The quantitative estimate of drug-likeness (QED) is 0.631. The zero-order chi connectivity index (χ0) is 7.49. The van der Waals surface area contributed by atoms with Crippen LogP contribution in [0.1, 0.15) is 6.92 Å². The Morgan fingerprint density at radius 2 is 2.11 bits per heavy atom. The minimum absolute atomic E-state index is 0.443. The van der Waals surface area contributed by atoms with Gasteiger partial charge in [0.1, 0.15) is 0 Å². The van der Waals surface area contributed by atoms with Crippen molar-refractivity contribution in [2.75, 3.05) is 12.0 Å². The summed E-state index contributed by atoms with van der Waals surface area (Å²) in [5, 5.41) is -0.646. The third kappa shape index (κ3) is 3.77. The topological polar surface area (TPSA) is 54.4 Å². The van der Waals surface area contributed by atoms with E-state index in [0.29, 0.717) is 5.75 Å². The molecule has 0 aromatic heterocycles. The van der Waals surface area contributed by atoms with E-state index in [1.54, 1.807) is 6.26 Å². The van der Waals surface area contributed by atoms with Crippen LogP contribution in [0.15, 0.2) is 0 Å². The summed E-state index contributed by atoms with van der Waals surface area (Å²) in [6.07, 6.45) is 1.79. The van der Waals surface area contributed by atoms with Gasteiger partial charge in [0.05, 0.1) is 5.25 Å². The Kier molecular flexibility index (Phi) is 3.53. The van der Waals surface area contributed by atoms with Crippen LogP contribution in [0.2, 0.25) is 0 Å². The summed E-state index contributed by atoms with van der Waals surface area (Å²) in [4.78, 5) is 0. The molecule has 1 unspecified atom stereocenters. The van der Waals surface area contributed by atoms with E-state index in [1.165, 1.54) is 18.7 Å². The first-order valence-corrected chi connectivity index (χ1v) is 5.33. The third-order valence-corrected chi connectivity index (χ3v) is 3.14. The molecule has 0 saturated heterocycles. The van der Waals surface area contributed by atoms with Gasteiger partial charge in [0.2, 0.25) is 0 Å². The Bertz CT molecular complexity index is 161. The lowest BCUT2D eigenvalue weighted by Crippen LogP contribution is -2.18. The van der Waals surface area contributed by atoms with Crippen LogP contribution in [0, 0.1) is 0 Å². The maximum Gasteiger partial charge on any atom is 0.268 e. The summed E-state index contributed by atoms with van der Waals surface area (Å²) in [6.45, 7) is 1.48. The van der Waals surface area contributed by atoms with E-state index in [1.807, 2.05) is 0 Å². The van der Waals surface area contributed by atoms with Crippen LogP contribution in [0.5, 0.6) is 0 Å². The summed E-state index contributed by atoms with van der Waals surface area (Å²) in [7, 11) is -3.79. The fourth-order valence-corrected chi connectivity index (χ4v) is 1.89. The van der Waals surface area contributed by atoms with Crippen LogP contribution in [0.25, 0.3) is 0 Å². The molecular formula is C4H10O3S2. The molecule has 0 saturated carbocycles. The predicted octanol–water partition coefficient (Wildman–Crippen LogP) is 0.626. The smallest absolute Gasteiger partial charge is 0.268 e. The molecule has 0 aromatic carbocycles. The summed E-state index contributed by atoms with van der Waals surface area (Å²) < 4.78 is 28.9. The van der Waals surface area contributed by atoms with Crippen molar-refractivity contribution in [2.45, 2.75) is 12.2 Å². The Labute approximate surface area is 59.6 Å². The molecule has 0 aliphatic heterocycles. The summed E-state index contributed by atoms with van der Waals surface area (Å²) in [5.74, 6) is 0.443. The second-order valence-corrected chi connectivity index (χ2v) is 4.53. The molecule has 0 rings (SSSR count). The van der Waals surface area contributed by atoms with Crippen molar-refractivity contribution >= 4 is 21.9 Å². The predicted molar refractivity (Wildman–Crippen MR) is 39.4 cm³/mol. The maximum absolute atomic E-state index is 10.3. The van der Waals surface area contributed by atoms with Gasteiger partial charge in [0.25, 0.3) is 10.1 Å². The molecule has 0 fully saturated rings. The standard InChI is InChI=1S/C4H10O3S2/c1-4(3-8-2)9(5,6)7/h4H,3H2,1-2H3,(H,5,6,7). The van der Waals surface area contributed by atoms with Crippen LogP contribution < -0.4 is 0 Å². The van der Waals surface area contributed by atoms with E-state index >= 15 is 0 Å². The molecule has 0 spiro atoms. The molecule has 9 heavy (non-hydrogen) atoms. The van der Waals surface area contributed by atoms with Gasteiger partial charge >= 0.3 is 0 Å². The molecule has 1 N–H and O–H groups in total. The first-order valence-electron chi connectivity index (χ1n) is 2.43. The van der Waals surface area contributed by atoms with E-state index in [-0.39, 0.29) is 0 Å². The molecular weight excluding hydrogens is 160 g/mol. The second-order valence-electron chi connectivity index (χ2n) is 1.78. The monoisotopic (exact) mass is 170 g/mol. The summed E-state index contributed by atoms with van der Waals surface area (Å²) in [6, 6.07) is 0. The second kappa shape index (κ2) is 3.43. The van der Waals surface area contributed by atoms with Crippen LogP contribution in [0.4, 0.5) is 0 Å². The highest BCUT2D eigenvalue weighted by molar-refractivity contribution is 7.99. The molecule has 0 aliphatic rings. The molecule has 3 nitrogen and oxygen atoms in total. The molecule has 0 aliphatic carbocycles. The van der Waals surface area contributed by atoms with Crippen molar-refractivity contribution in [3.05, 3.63) is 0 Å². The van der Waals surface area contributed by atoms with Crippen LogP contribution >= 0.6 is 11.8 Å². The van der Waals surface area contributed by atoms with Gasteiger partial charge < -0.3 is 0 Å². The molecule has 56 valence electrons. The maximum atomic E-state index is 10.3. The van der Waals surface area contributed by atoms with E-state index in [2.05, 4.69) is 0 Å². The zero-order valence-corrected chi connectivity index (χ0v) is 7.00. The third-order valence-electron chi connectivity index (χ3n) is 0.910. The van der Waals surface area contributed by atoms with Crippen LogP contribution in [0.3, 0.4) is 0 Å². The average molecular weight is 170 g/mol. The Morgan fingerprint density at radius 3 is 2.22 bits per heavy atom. The molecule has 0 heterocycles. The van der Waals surface area contributed by atoms with Gasteiger partial charge in [0.15, 0.2) is 0 Å². The lowest BCUT2D eigenvalue weighted by Gasteiger charge is -2.03. The fourth-order valence-electron chi connectivity index (χ4n) is 0.321. The minimum Gasteiger partial charge on any atom is -0.285 e. The van der Waals surface area contributed by atoms with Gasteiger partial charge in [-0.1, -0.05) is 0 Å². The van der Waals surface area contributed by atoms with Crippen molar-refractivity contribution in [1.29, 1.82) is 0 Å². The highest BCUT2D eigenvalue weighted by Gasteiger charge is 2.15. The SMILES string of the molecule is CSCC(C)S(=O)(=O)O. The number of hydrogen-bond donors (Lipinski definition) is 1. The summed E-state index contributed by atoms with van der Waals surface area (Å²) >= 11 is 1.40. The van der Waals surface area contributed by atoms with Crippen LogP contribution in [-0.2, 0) is 10.1 Å². The van der Waals surface area contributed by atoms with Crippen LogP contribution in [-0.4, -0.2) is 30.2 Å². The van der Waals surface area contributed by atoms with E-state index in [9.17, 15) is 8.42 Å². The number of thioether (sulfide) groups is 1. The lowest BCUT2D eigenvalue weighted by atomic mass is 10.6. The van der Waals surface area contributed by atoms with E-state index in [4.69, 9.17) is 4.55 Å². The first-order chi connectivity index (χ1) is 3.98. The van der Waals surface area contributed by atoms with E-state index < -0.39 is 15.4 Å². The first kappa shape index (κ1) is 9.26. The Balaban J connectivity index is 3.90. The molecule has 0 radical (unpaired) electrons. The highest BCUT2D eigenvalue weighted by Crippen LogP contribution is 2.04. The number of hydrogen-bond acceptors (Lipinski definition) is 3. The Hall–Kier alpha value is 0.260. The van der Waals surface area contributed by atoms with Crippen molar-refractivity contribution < 1.29 is 13.0 Å². The van der Waals surface area contributed by atoms with Gasteiger partial charge in [-0.25, -0.2) is 0 Å². The number of rotatable bonds is 3. The van der Waals surface area contributed by atoms with Gasteiger partial charge in [-0.2, -0.15) is 20.2 Å². The molecule has 0 aromatic rings. The molecule has 5 heteroatoms. The van der Waals surface area contributed by atoms with E-state index in [0.717, 1.165) is 0 Å². The fraction of sp³-hybridized carbons (Fsp3) is 1.00. The van der Waals surface area contributed by atoms with Gasteiger partial charge in [0, 0.05) is 5.75 Å².